The Kier molecular flexibility index (Phi) is 5.90. The lowest BCUT2D eigenvalue weighted by molar-refractivity contribution is 0.0696. The molecule has 0 amide bonds. The van der Waals surface area contributed by atoms with Crippen LogP contribution in [0.3, 0.4) is 0 Å². The molecule has 1 aliphatic rings. The minimum Gasteiger partial charge on any atom is -0.478 e. The Labute approximate surface area is 204 Å². The van der Waals surface area contributed by atoms with E-state index in [9.17, 15) is 9.90 Å². The summed E-state index contributed by atoms with van der Waals surface area (Å²) in [6.07, 6.45) is 2.88. The summed E-state index contributed by atoms with van der Waals surface area (Å²) in [6.45, 7) is 2.04. The van der Waals surface area contributed by atoms with Gasteiger partial charge < -0.3 is 10.4 Å². The van der Waals surface area contributed by atoms with Gasteiger partial charge in [-0.15, -0.1) is 0 Å². The molecule has 33 heavy (non-hydrogen) atoms. The third kappa shape index (κ3) is 4.64. The summed E-state index contributed by atoms with van der Waals surface area (Å²) in [7, 11) is 0. The molecule has 0 saturated heterocycles. The molecule has 0 atom stereocenters. The number of carboxylic acids is 1. The van der Waals surface area contributed by atoms with Crippen molar-refractivity contribution in [3.63, 3.8) is 0 Å². The zero-order chi connectivity index (χ0) is 23.1. The number of nitrogens with one attached hydrogen (secondary N) is 1. The minimum atomic E-state index is -0.978. The minimum absolute atomic E-state index is 0.212. The van der Waals surface area contributed by atoms with E-state index in [1.54, 1.807) is 41.1 Å². The smallest absolute Gasteiger partial charge is 0.335 e. The van der Waals surface area contributed by atoms with Crippen molar-refractivity contribution in [3.05, 3.63) is 63.8 Å². The number of benzene rings is 2. The molecule has 0 unspecified atom stereocenters. The monoisotopic (exact) mass is 499 g/mol. The van der Waals surface area contributed by atoms with Crippen molar-refractivity contribution in [1.29, 1.82) is 0 Å². The Balaban J connectivity index is 1.67. The third-order valence-corrected chi connectivity index (χ3v) is 6.51. The first-order valence-corrected chi connectivity index (χ1v) is 12.0. The summed E-state index contributed by atoms with van der Waals surface area (Å²) >= 11 is 13.8. The van der Waals surface area contributed by atoms with Crippen LogP contribution in [-0.4, -0.2) is 36.9 Å². The van der Waals surface area contributed by atoms with E-state index in [0.29, 0.717) is 39.0 Å². The molecule has 5 rings (SSSR count). The SMILES string of the molecule is CCc1nn(-c2cc(Cl)cc(Cl)c2)c2nc(Sc3cccc(C(=O)O)c3)nc(NC3CC3)c12. The molecule has 2 N–H and O–H groups in total. The van der Waals surface area contributed by atoms with Crippen molar-refractivity contribution >= 4 is 57.8 Å². The Morgan fingerprint density at radius 1 is 1.18 bits per heavy atom. The molecule has 0 bridgehead atoms. The molecule has 0 aliphatic heterocycles. The average Bonchev–Trinajstić information content (AvgIpc) is 3.50. The lowest BCUT2D eigenvalue weighted by Crippen LogP contribution is -2.06. The van der Waals surface area contributed by atoms with E-state index in [-0.39, 0.29) is 5.56 Å². The van der Waals surface area contributed by atoms with Crippen molar-refractivity contribution < 1.29 is 9.90 Å². The van der Waals surface area contributed by atoms with Gasteiger partial charge in [0.25, 0.3) is 0 Å². The number of aromatic carboxylic acids is 1. The molecule has 1 saturated carbocycles. The van der Waals surface area contributed by atoms with Gasteiger partial charge >= 0.3 is 5.97 Å². The van der Waals surface area contributed by atoms with Gasteiger partial charge in [-0.25, -0.2) is 19.4 Å². The molecule has 2 heterocycles. The number of halogens is 2. The molecule has 7 nitrogen and oxygen atoms in total. The summed E-state index contributed by atoms with van der Waals surface area (Å²) in [5.41, 5.74) is 2.43. The quantitative estimate of drug-likeness (QED) is 0.296. The molecule has 0 radical (unpaired) electrons. The maximum Gasteiger partial charge on any atom is 0.335 e. The fourth-order valence-electron chi connectivity index (χ4n) is 3.52. The predicted molar refractivity (Wildman–Crippen MR) is 130 cm³/mol. The van der Waals surface area contributed by atoms with E-state index in [2.05, 4.69) is 5.32 Å². The maximum atomic E-state index is 11.4. The van der Waals surface area contributed by atoms with Crippen LogP contribution < -0.4 is 5.32 Å². The molecule has 1 fully saturated rings. The van der Waals surface area contributed by atoms with Crippen molar-refractivity contribution in [2.24, 2.45) is 0 Å². The number of carboxylic acid groups (broad SMARTS) is 1. The first-order chi connectivity index (χ1) is 15.9. The summed E-state index contributed by atoms with van der Waals surface area (Å²) in [4.78, 5) is 21.7. The lowest BCUT2D eigenvalue weighted by atomic mass is 10.2. The Hall–Kier alpha value is -2.81. The Morgan fingerprint density at radius 2 is 1.94 bits per heavy atom. The van der Waals surface area contributed by atoms with Gasteiger partial charge in [-0.2, -0.15) is 5.10 Å². The first kappa shape index (κ1) is 22.0. The van der Waals surface area contributed by atoms with Crippen LogP contribution in [0, 0.1) is 0 Å². The second-order valence-corrected chi connectivity index (χ2v) is 9.66. The molecular weight excluding hydrogens is 481 g/mol. The predicted octanol–water partition coefficient (Wildman–Crippen LogP) is 6.11. The Bertz CT molecular complexity index is 1370. The second-order valence-electron chi connectivity index (χ2n) is 7.75. The van der Waals surface area contributed by atoms with Gasteiger partial charge in [-0.3, -0.25) is 0 Å². The number of hydrogen-bond donors (Lipinski definition) is 2. The van der Waals surface area contributed by atoms with Gasteiger partial charge in [0.05, 0.1) is 22.3 Å². The van der Waals surface area contributed by atoms with E-state index in [1.165, 1.54) is 11.8 Å². The van der Waals surface area contributed by atoms with Crippen molar-refractivity contribution in [2.45, 2.75) is 42.3 Å². The number of fused-ring (bicyclic) bond motifs is 1. The first-order valence-electron chi connectivity index (χ1n) is 10.4. The normalized spacial score (nSPS) is 13.4. The molecule has 0 spiro atoms. The molecule has 1 aliphatic carbocycles. The number of hydrogen-bond acceptors (Lipinski definition) is 6. The standard InChI is InChI=1S/C23H19Cl2N5O2S/c1-2-18-19-20(26-15-6-7-15)27-23(33-17-5-3-4-12(8-17)22(31)32)28-21(19)30(29-18)16-10-13(24)9-14(25)11-16/h3-5,8-11,15H,2,6-7H2,1H3,(H,31,32)(H,26,27,28). The fourth-order valence-corrected chi connectivity index (χ4v) is 4.85. The topological polar surface area (TPSA) is 92.9 Å². The summed E-state index contributed by atoms with van der Waals surface area (Å²) in [6, 6.07) is 12.3. The highest BCUT2D eigenvalue weighted by molar-refractivity contribution is 7.99. The van der Waals surface area contributed by atoms with Crippen LogP contribution in [-0.2, 0) is 6.42 Å². The number of aromatic nitrogens is 4. The lowest BCUT2D eigenvalue weighted by Gasteiger charge is -2.10. The van der Waals surface area contributed by atoms with Crippen LogP contribution in [0.5, 0.6) is 0 Å². The molecule has 10 heteroatoms. The van der Waals surface area contributed by atoms with Crippen LogP contribution >= 0.6 is 35.0 Å². The summed E-state index contributed by atoms with van der Waals surface area (Å²) in [5, 5.41) is 20.0. The van der Waals surface area contributed by atoms with Gasteiger partial charge in [0.2, 0.25) is 0 Å². The largest absolute Gasteiger partial charge is 0.478 e. The van der Waals surface area contributed by atoms with Gasteiger partial charge in [-0.1, -0.05) is 36.2 Å². The molecule has 2 aromatic heterocycles. The van der Waals surface area contributed by atoms with E-state index in [0.717, 1.165) is 34.6 Å². The Morgan fingerprint density at radius 3 is 2.61 bits per heavy atom. The number of rotatable bonds is 7. The van der Waals surface area contributed by atoms with Crippen LogP contribution in [0.25, 0.3) is 16.7 Å². The molecule has 4 aromatic rings. The van der Waals surface area contributed by atoms with E-state index in [4.69, 9.17) is 38.3 Å². The highest BCUT2D eigenvalue weighted by atomic mass is 35.5. The van der Waals surface area contributed by atoms with Gasteiger partial charge in [0.15, 0.2) is 10.8 Å². The highest BCUT2D eigenvalue weighted by Crippen LogP contribution is 2.35. The number of carbonyl (C=O) groups is 1. The summed E-state index contributed by atoms with van der Waals surface area (Å²) < 4.78 is 1.74. The highest BCUT2D eigenvalue weighted by Gasteiger charge is 2.26. The number of anilines is 1. The van der Waals surface area contributed by atoms with Crippen molar-refractivity contribution in [1.82, 2.24) is 19.7 Å². The van der Waals surface area contributed by atoms with Crippen LogP contribution in [0.2, 0.25) is 10.0 Å². The van der Waals surface area contributed by atoms with Gasteiger partial charge in [-0.05, 0) is 67.4 Å². The molecule has 168 valence electrons. The van der Waals surface area contributed by atoms with E-state index < -0.39 is 5.97 Å². The van der Waals surface area contributed by atoms with Crippen LogP contribution in [0.1, 0.15) is 35.8 Å². The van der Waals surface area contributed by atoms with Gasteiger partial charge in [0, 0.05) is 21.0 Å². The number of aryl methyl sites for hydroxylation is 1. The second kappa shape index (κ2) is 8.85. The zero-order valence-electron chi connectivity index (χ0n) is 17.5. The average molecular weight is 500 g/mol. The molecule has 2 aromatic carbocycles. The maximum absolute atomic E-state index is 11.4. The van der Waals surface area contributed by atoms with Crippen molar-refractivity contribution in [3.8, 4) is 5.69 Å². The fraction of sp³-hybridized carbons (Fsp3) is 0.217. The molecular formula is C23H19Cl2N5O2S. The van der Waals surface area contributed by atoms with Crippen LogP contribution in [0.4, 0.5) is 5.82 Å². The van der Waals surface area contributed by atoms with Gasteiger partial charge in [0.1, 0.15) is 5.82 Å². The van der Waals surface area contributed by atoms with E-state index in [1.807, 2.05) is 13.0 Å². The van der Waals surface area contributed by atoms with E-state index >= 15 is 0 Å². The third-order valence-electron chi connectivity index (χ3n) is 5.21. The van der Waals surface area contributed by atoms with Crippen LogP contribution in [0.15, 0.2) is 52.5 Å². The zero-order valence-corrected chi connectivity index (χ0v) is 19.9. The summed E-state index contributed by atoms with van der Waals surface area (Å²) in [5.74, 6) is -0.246. The number of nitrogens with zero attached hydrogens (tertiary/aromatic N) is 4. The van der Waals surface area contributed by atoms with Crippen molar-refractivity contribution in [2.75, 3.05) is 5.32 Å².